The van der Waals surface area contributed by atoms with Crippen molar-refractivity contribution in [3.8, 4) is 17.0 Å². The predicted octanol–water partition coefficient (Wildman–Crippen LogP) is 3.05. The van der Waals surface area contributed by atoms with E-state index in [1.165, 1.54) is 12.0 Å². The van der Waals surface area contributed by atoms with Gasteiger partial charge in [0.1, 0.15) is 5.75 Å². The van der Waals surface area contributed by atoms with E-state index < -0.39 is 0 Å². The molecule has 3 aromatic rings. The largest absolute Gasteiger partial charge is 0.508 e. The van der Waals surface area contributed by atoms with Gasteiger partial charge in [-0.15, -0.1) is 0 Å². The van der Waals surface area contributed by atoms with Crippen LogP contribution in [0.2, 0.25) is 0 Å². The van der Waals surface area contributed by atoms with Crippen molar-refractivity contribution in [1.82, 2.24) is 20.2 Å². The molecule has 2 atom stereocenters. The molecule has 154 valence electrons. The third-order valence-corrected chi connectivity index (χ3v) is 6.07. The number of fused-ring (bicyclic) bond motifs is 2. The van der Waals surface area contributed by atoms with Gasteiger partial charge in [0.2, 0.25) is 5.95 Å². The predicted molar refractivity (Wildman–Crippen MR) is 118 cm³/mol. The average molecular weight is 402 g/mol. The number of aromatic hydroxyl groups is 1. The Morgan fingerprint density at radius 1 is 1.10 bits per heavy atom. The summed E-state index contributed by atoms with van der Waals surface area (Å²) in [5.74, 6) is 0.929. The number of anilines is 1. The molecule has 2 bridgehead atoms. The van der Waals surface area contributed by atoms with Gasteiger partial charge < -0.3 is 15.7 Å². The van der Waals surface area contributed by atoms with Gasteiger partial charge in [0.25, 0.3) is 0 Å². The van der Waals surface area contributed by atoms with Crippen LogP contribution in [-0.4, -0.2) is 51.7 Å². The fourth-order valence-corrected chi connectivity index (χ4v) is 4.49. The number of nitrogens with zero attached hydrogens (tertiary/aromatic N) is 3. The van der Waals surface area contributed by atoms with Crippen molar-refractivity contribution in [2.75, 3.05) is 25.0 Å². The number of hydrogen-bond donors (Lipinski definition) is 3. The number of benzene rings is 2. The summed E-state index contributed by atoms with van der Waals surface area (Å²) in [5, 5.41) is 16.3. The maximum atomic E-state index is 9.38. The number of piperazine rings is 1. The second kappa shape index (κ2) is 8.42. The molecule has 0 amide bonds. The van der Waals surface area contributed by atoms with Crippen molar-refractivity contribution < 1.29 is 5.11 Å². The molecule has 2 fully saturated rings. The number of nitrogens with one attached hydrogen (secondary N) is 2. The minimum atomic E-state index is 0.291. The normalized spacial score (nSPS) is 20.5. The van der Waals surface area contributed by atoms with Gasteiger partial charge in [-0.2, -0.15) is 0 Å². The van der Waals surface area contributed by atoms with Gasteiger partial charge in [-0.25, -0.2) is 9.97 Å². The first-order valence-electron chi connectivity index (χ1n) is 10.6. The van der Waals surface area contributed by atoms with E-state index in [1.807, 2.05) is 24.4 Å². The molecule has 0 saturated carbocycles. The summed E-state index contributed by atoms with van der Waals surface area (Å²) in [6.45, 7) is 4.01. The number of phenolic OH excluding ortho intramolecular Hbond substituents is 1. The van der Waals surface area contributed by atoms with Crippen LogP contribution in [0.15, 0.2) is 60.8 Å². The van der Waals surface area contributed by atoms with E-state index >= 15 is 0 Å². The first kappa shape index (κ1) is 19.0. The second-order valence-electron chi connectivity index (χ2n) is 8.23. The van der Waals surface area contributed by atoms with Crippen molar-refractivity contribution in [2.45, 2.75) is 31.5 Å². The summed E-state index contributed by atoms with van der Waals surface area (Å²) in [7, 11) is 0. The van der Waals surface area contributed by atoms with Gasteiger partial charge in [-0.1, -0.05) is 30.3 Å². The number of hydrogen-bond acceptors (Lipinski definition) is 6. The first-order valence-corrected chi connectivity index (χ1v) is 10.6. The highest BCUT2D eigenvalue weighted by Gasteiger charge is 2.37. The Morgan fingerprint density at radius 3 is 2.80 bits per heavy atom. The van der Waals surface area contributed by atoms with Crippen LogP contribution < -0.4 is 10.6 Å². The number of phenols is 1. The quantitative estimate of drug-likeness (QED) is 0.565. The minimum absolute atomic E-state index is 0.291. The zero-order valence-electron chi connectivity index (χ0n) is 17.0. The molecule has 2 aliphatic heterocycles. The first-order chi connectivity index (χ1) is 14.7. The molecular weight excluding hydrogens is 374 g/mol. The lowest BCUT2D eigenvalue weighted by Crippen LogP contribution is -2.42. The maximum Gasteiger partial charge on any atom is 0.223 e. The van der Waals surface area contributed by atoms with E-state index in [0.29, 0.717) is 23.8 Å². The minimum Gasteiger partial charge on any atom is -0.508 e. The lowest BCUT2D eigenvalue weighted by molar-refractivity contribution is 0.218. The van der Waals surface area contributed by atoms with Gasteiger partial charge in [0, 0.05) is 50.0 Å². The molecule has 1 aromatic heterocycles. The van der Waals surface area contributed by atoms with Crippen LogP contribution in [0.25, 0.3) is 11.3 Å². The Kier molecular flexibility index (Phi) is 5.34. The number of aromatic nitrogens is 2. The Hall–Kier alpha value is -2.96. The van der Waals surface area contributed by atoms with E-state index in [2.05, 4.69) is 44.8 Å². The number of likely N-dealkylation sites (tertiary alicyclic amines) is 1. The summed E-state index contributed by atoms with van der Waals surface area (Å²) in [4.78, 5) is 11.7. The fraction of sp³-hybridized carbons (Fsp3) is 0.333. The van der Waals surface area contributed by atoms with E-state index in [0.717, 1.165) is 49.4 Å². The van der Waals surface area contributed by atoms with Crippen molar-refractivity contribution >= 4 is 5.95 Å². The molecule has 2 aromatic carbocycles. The average Bonchev–Trinajstić information content (AvgIpc) is 3.39. The zero-order valence-corrected chi connectivity index (χ0v) is 17.0. The van der Waals surface area contributed by atoms with Crippen LogP contribution >= 0.6 is 0 Å². The van der Waals surface area contributed by atoms with E-state index in [4.69, 9.17) is 4.98 Å². The van der Waals surface area contributed by atoms with Crippen molar-refractivity contribution in [3.63, 3.8) is 0 Å². The smallest absolute Gasteiger partial charge is 0.223 e. The highest BCUT2D eigenvalue weighted by atomic mass is 16.3. The second-order valence-corrected chi connectivity index (χ2v) is 8.23. The Labute approximate surface area is 177 Å². The lowest BCUT2D eigenvalue weighted by atomic mass is 10.1. The SMILES string of the molecule is Oc1ccc(CCNc2nccc(-c3cccc(CN4CC5CC4CN5)c3)n2)cc1. The van der Waals surface area contributed by atoms with Crippen molar-refractivity contribution in [1.29, 1.82) is 0 Å². The molecule has 2 saturated heterocycles. The molecule has 0 aliphatic carbocycles. The molecule has 2 aliphatic rings. The highest BCUT2D eigenvalue weighted by Crippen LogP contribution is 2.26. The molecule has 6 nitrogen and oxygen atoms in total. The van der Waals surface area contributed by atoms with E-state index in [9.17, 15) is 5.11 Å². The Morgan fingerprint density at radius 2 is 2.00 bits per heavy atom. The molecule has 3 N–H and O–H groups in total. The van der Waals surface area contributed by atoms with E-state index in [1.54, 1.807) is 12.1 Å². The van der Waals surface area contributed by atoms with Crippen LogP contribution in [0.1, 0.15) is 17.5 Å². The van der Waals surface area contributed by atoms with Crippen molar-refractivity contribution in [2.24, 2.45) is 0 Å². The summed E-state index contributed by atoms with van der Waals surface area (Å²) >= 11 is 0. The van der Waals surface area contributed by atoms with Crippen LogP contribution in [-0.2, 0) is 13.0 Å². The van der Waals surface area contributed by atoms with Gasteiger partial charge in [-0.05, 0) is 48.2 Å². The summed E-state index contributed by atoms with van der Waals surface area (Å²) in [6, 6.07) is 19.3. The Bertz CT molecular complexity index is 1010. The number of rotatable bonds is 7. The van der Waals surface area contributed by atoms with E-state index in [-0.39, 0.29) is 0 Å². The van der Waals surface area contributed by atoms with Gasteiger partial charge in [0.15, 0.2) is 0 Å². The molecule has 2 unspecified atom stereocenters. The Balaban J connectivity index is 1.23. The van der Waals surface area contributed by atoms with Crippen LogP contribution in [0, 0.1) is 0 Å². The van der Waals surface area contributed by atoms with Gasteiger partial charge in [-0.3, -0.25) is 4.90 Å². The monoisotopic (exact) mass is 401 g/mol. The molecule has 6 heteroatoms. The van der Waals surface area contributed by atoms with Crippen LogP contribution in [0.5, 0.6) is 5.75 Å². The topological polar surface area (TPSA) is 73.3 Å². The molecular formula is C24H27N5O. The third-order valence-electron chi connectivity index (χ3n) is 6.07. The summed E-state index contributed by atoms with van der Waals surface area (Å²) in [5.41, 5.74) is 4.55. The maximum absolute atomic E-state index is 9.38. The fourth-order valence-electron chi connectivity index (χ4n) is 4.49. The third kappa shape index (κ3) is 4.30. The van der Waals surface area contributed by atoms with Crippen LogP contribution in [0.4, 0.5) is 5.95 Å². The van der Waals surface area contributed by atoms with Gasteiger partial charge in [0.05, 0.1) is 5.69 Å². The van der Waals surface area contributed by atoms with Crippen molar-refractivity contribution in [3.05, 3.63) is 71.9 Å². The lowest BCUT2D eigenvalue weighted by Gasteiger charge is -2.27. The molecule has 0 spiro atoms. The zero-order chi connectivity index (χ0) is 20.3. The highest BCUT2D eigenvalue weighted by molar-refractivity contribution is 5.61. The summed E-state index contributed by atoms with van der Waals surface area (Å²) in [6.07, 6.45) is 3.93. The molecule has 3 heterocycles. The molecule has 0 radical (unpaired) electrons. The van der Waals surface area contributed by atoms with Crippen LogP contribution in [0.3, 0.4) is 0 Å². The molecule has 5 rings (SSSR count). The molecule has 30 heavy (non-hydrogen) atoms. The van der Waals surface area contributed by atoms with Gasteiger partial charge >= 0.3 is 0 Å². The standard InChI is InChI=1S/C24H27N5O/c30-22-6-4-17(5-7-22)8-10-25-24-26-11-9-23(28-24)19-3-1-2-18(12-19)15-29-16-20-13-21(29)14-27-20/h1-7,9,11-12,20-21,27,30H,8,10,13-16H2,(H,25,26,28). The summed E-state index contributed by atoms with van der Waals surface area (Å²) < 4.78 is 0.